The summed E-state index contributed by atoms with van der Waals surface area (Å²) in [5, 5.41) is 10.3. The summed E-state index contributed by atoms with van der Waals surface area (Å²) in [5.74, 6) is 5.49. The Bertz CT molecular complexity index is 75.5. The van der Waals surface area contributed by atoms with E-state index in [1.54, 1.807) is 0 Å². The van der Waals surface area contributed by atoms with Crippen molar-refractivity contribution in [1.29, 1.82) is 0 Å². The molecule has 3 unspecified atom stereocenters. The second-order valence-corrected chi connectivity index (χ2v) is 2.58. The Hall–Kier alpha value is -0.120. The quantitative estimate of drug-likeness (QED) is 0.408. The summed E-state index contributed by atoms with van der Waals surface area (Å²) in [4.78, 5) is 0. The summed E-state index contributed by atoms with van der Waals surface area (Å²) in [5.41, 5.74) is 0. The highest BCUT2D eigenvalue weighted by Gasteiger charge is 2.13. The summed E-state index contributed by atoms with van der Waals surface area (Å²) < 4.78 is 0. The minimum atomic E-state index is -0.190. The Morgan fingerprint density at radius 3 is 2.11 bits per heavy atom. The highest BCUT2D eigenvalue weighted by atomic mass is 16.5. The average molecular weight is 132 g/mol. The molecule has 0 heterocycles. The van der Waals surface area contributed by atoms with Gasteiger partial charge in [0.1, 0.15) is 6.04 Å². The molecule has 9 heavy (non-hydrogen) atoms. The maximum absolute atomic E-state index is 10.5. The lowest BCUT2D eigenvalue weighted by molar-refractivity contribution is -0.890. The van der Waals surface area contributed by atoms with E-state index in [4.69, 9.17) is 5.84 Å². The van der Waals surface area contributed by atoms with Crippen LogP contribution in [-0.4, -0.2) is 6.04 Å². The predicted octanol–water partition coefficient (Wildman–Crippen LogP) is -0.323. The summed E-state index contributed by atoms with van der Waals surface area (Å²) in [6.07, 6.45) is 1.02. The Balaban J connectivity index is 3.58. The Morgan fingerprint density at radius 1 is 1.56 bits per heavy atom. The second kappa shape index (κ2) is 3.82. The molecule has 0 aromatic carbocycles. The highest BCUT2D eigenvalue weighted by molar-refractivity contribution is 4.55. The highest BCUT2D eigenvalue weighted by Crippen LogP contribution is 2.02. The molecule has 0 bridgehead atoms. The van der Waals surface area contributed by atoms with E-state index in [1.165, 1.54) is 0 Å². The summed E-state index contributed by atoms with van der Waals surface area (Å²) in [6, 6.07) is 0.0231. The zero-order valence-corrected chi connectivity index (χ0v) is 6.35. The van der Waals surface area contributed by atoms with E-state index in [1.807, 2.05) is 13.8 Å². The number of nitrogens with one attached hydrogen (secondary N) is 1. The van der Waals surface area contributed by atoms with E-state index >= 15 is 0 Å². The van der Waals surface area contributed by atoms with Gasteiger partial charge in [-0.05, 0) is 13.3 Å². The SMILES string of the molecule is CCC(C)C(C)[NH+](N)[O-]. The van der Waals surface area contributed by atoms with Crippen molar-refractivity contribution in [3.63, 3.8) is 0 Å². The lowest BCUT2D eigenvalue weighted by Crippen LogP contribution is -3.17. The molecule has 3 N–H and O–H groups in total. The maximum Gasteiger partial charge on any atom is 0.104 e. The smallest absolute Gasteiger partial charge is 0.104 e. The van der Waals surface area contributed by atoms with Crippen LogP contribution in [0.3, 0.4) is 0 Å². The van der Waals surface area contributed by atoms with Crippen LogP contribution >= 0.6 is 0 Å². The van der Waals surface area contributed by atoms with E-state index in [9.17, 15) is 5.21 Å². The number of hydroxylamine groups is 1. The molecule has 0 aliphatic heterocycles. The van der Waals surface area contributed by atoms with Gasteiger partial charge in [-0.1, -0.05) is 13.8 Å². The van der Waals surface area contributed by atoms with Crippen LogP contribution < -0.4 is 11.0 Å². The van der Waals surface area contributed by atoms with Crippen LogP contribution in [0.1, 0.15) is 27.2 Å². The molecule has 0 aliphatic carbocycles. The first-order valence-electron chi connectivity index (χ1n) is 3.38. The van der Waals surface area contributed by atoms with Gasteiger partial charge in [-0.15, -0.1) is 0 Å². The van der Waals surface area contributed by atoms with Gasteiger partial charge in [0.05, 0.1) is 0 Å². The van der Waals surface area contributed by atoms with Crippen molar-refractivity contribution >= 4 is 0 Å². The molecule has 0 radical (unpaired) electrons. The zero-order valence-electron chi connectivity index (χ0n) is 6.35. The number of rotatable bonds is 3. The van der Waals surface area contributed by atoms with Crippen molar-refractivity contribution < 1.29 is 5.17 Å². The van der Waals surface area contributed by atoms with E-state index in [0.717, 1.165) is 6.42 Å². The van der Waals surface area contributed by atoms with Crippen LogP contribution in [0.25, 0.3) is 0 Å². The third kappa shape index (κ3) is 2.79. The van der Waals surface area contributed by atoms with Crippen molar-refractivity contribution in [2.75, 3.05) is 0 Å². The topological polar surface area (TPSA) is 53.5 Å². The third-order valence-electron chi connectivity index (χ3n) is 1.95. The molecule has 0 saturated carbocycles. The van der Waals surface area contributed by atoms with Crippen molar-refractivity contribution in [1.82, 2.24) is 0 Å². The fourth-order valence-electron chi connectivity index (χ4n) is 0.634. The molecule has 0 fully saturated rings. The largest absolute Gasteiger partial charge is 0.613 e. The number of hydrogen-bond acceptors (Lipinski definition) is 2. The summed E-state index contributed by atoms with van der Waals surface area (Å²) >= 11 is 0. The first-order chi connectivity index (χ1) is 4.09. The second-order valence-electron chi connectivity index (χ2n) is 2.58. The van der Waals surface area contributed by atoms with Crippen LogP contribution in [0.2, 0.25) is 0 Å². The Kier molecular flexibility index (Phi) is 3.77. The standard InChI is InChI=1S/C6H16N2O/c1-4-5(2)6(3)8(7)9/h5-6,8H,4,7H2,1-3H3. The van der Waals surface area contributed by atoms with Gasteiger partial charge in [0.15, 0.2) is 0 Å². The van der Waals surface area contributed by atoms with E-state index in [2.05, 4.69) is 6.92 Å². The van der Waals surface area contributed by atoms with Crippen molar-refractivity contribution in [2.24, 2.45) is 11.8 Å². The maximum atomic E-state index is 10.5. The minimum absolute atomic E-state index is 0.0231. The van der Waals surface area contributed by atoms with Crippen LogP contribution in [0.15, 0.2) is 0 Å². The summed E-state index contributed by atoms with van der Waals surface area (Å²) in [6.45, 7) is 5.97. The van der Waals surface area contributed by atoms with Gasteiger partial charge in [0.2, 0.25) is 0 Å². The molecular formula is C6H16N2O. The van der Waals surface area contributed by atoms with Crippen LogP contribution in [0.4, 0.5) is 0 Å². The lowest BCUT2D eigenvalue weighted by atomic mass is 10.0. The van der Waals surface area contributed by atoms with Crippen LogP contribution in [0, 0.1) is 11.1 Å². The molecule has 56 valence electrons. The summed E-state index contributed by atoms with van der Waals surface area (Å²) in [7, 11) is 0. The molecule has 3 nitrogen and oxygen atoms in total. The van der Waals surface area contributed by atoms with Crippen molar-refractivity contribution in [3.8, 4) is 0 Å². The number of nitrogens with two attached hydrogens (primary N) is 1. The Labute approximate surface area is 56.4 Å². The van der Waals surface area contributed by atoms with Gasteiger partial charge in [0, 0.05) is 5.92 Å². The van der Waals surface area contributed by atoms with Crippen molar-refractivity contribution in [2.45, 2.75) is 33.2 Å². The van der Waals surface area contributed by atoms with E-state index in [-0.39, 0.29) is 11.2 Å². The number of hydrogen-bond donors (Lipinski definition) is 2. The molecule has 3 atom stereocenters. The number of quaternary nitrogens is 1. The van der Waals surface area contributed by atoms with E-state index in [0.29, 0.717) is 5.92 Å². The molecule has 0 aliphatic rings. The first-order valence-corrected chi connectivity index (χ1v) is 3.38. The molecular weight excluding hydrogens is 116 g/mol. The molecule has 0 aromatic rings. The van der Waals surface area contributed by atoms with Gasteiger partial charge in [-0.25, -0.2) is 0 Å². The lowest BCUT2D eigenvalue weighted by Gasteiger charge is -2.26. The molecule has 3 heteroatoms. The van der Waals surface area contributed by atoms with Crippen LogP contribution in [0.5, 0.6) is 0 Å². The normalized spacial score (nSPS) is 21.0. The fraction of sp³-hybridized carbons (Fsp3) is 1.00. The average Bonchev–Trinajstić information content (AvgIpc) is 1.84. The molecule has 0 aromatic heterocycles. The monoisotopic (exact) mass is 132 g/mol. The zero-order chi connectivity index (χ0) is 7.44. The van der Waals surface area contributed by atoms with Gasteiger partial charge in [-0.2, -0.15) is 5.84 Å². The molecule has 0 amide bonds. The van der Waals surface area contributed by atoms with Gasteiger partial charge in [-0.3, -0.25) is 5.17 Å². The van der Waals surface area contributed by atoms with E-state index < -0.39 is 0 Å². The fourth-order valence-corrected chi connectivity index (χ4v) is 0.634. The molecule has 0 spiro atoms. The third-order valence-corrected chi connectivity index (χ3v) is 1.95. The molecule has 0 rings (SSSR count). The molecule has 0 saturated heterocycles. The predicted molar refractivity (Wildman–Crippen MR) is 37.4 cm³/mol. The minimum Gasteiger partial charge on any atom is -0.613 e. The first kappa shape index (κ1) is 8.88. The van der Waals surface area contributed by atoms with Crippen molar-refractivity contribution in [3.05, 3.63) is 5.21 Å². The van der Waals surface area contributed by atoms with Crippen LogP contribution in [-0.2, 0) is 0 Å². The van der Waals surface area contributed by atoms with Gasteiger partial charge >= 0.3 is 0 Å². The van der Waals surface area contributed by atoms with Gasteiger partial charge < -0.3 is 5.21 Å². The van der Waals surface area contributed by atoms with Gasteiger partial charge in [0.25, 0.3) is 0 Å². The Morgan fingerprint density at radius 2 is 2.00 bits per heavy atom.